The van der Waals surface area contributed by atoms with Crippen LogP contribution in [0.15, 0.2) is 5.16 Å². The number of nitrogens with zero attached hydrogens (tertiary/aromatic N) is 3. The summed E-state index contributed by atoms with van der Waals surface area (Å²) in [6, 6.07) is 0. The molecule has 0 atom stereocenters. The highest BCUT2D eigenvalue weighted by molar-refractivity contribution is 7.09. The second kappa shape index (κ2) is 5.29. The number of oxime groups is 1. The smallest absolute Gasteiger partial charge is 0.278 e. The van der Waals surface area contributed by atoms with Crippen molar-refractivity contribution in [1.29, 1.82) is 0 Å². The molecule has 0 aliphatic rings. The lowest BCUT2D eigenvalue weighted by atomic mass is 10.4. The number of hydrogen-bond acceptors (Lipinski definition) is 7. The zero-order chi connectivity index (χ0) is 11.3. The van der Waals surface area contributed by atoms with Crippen LogP contribution in [-0.4, -0.2) is 26.9 Å². The molecule has 0 fully saturated rings. The standard InChI is InChI=1S/C7H5ClN4O2S/c1-2-3-14-11-4(5(8)13)6-10-7(9)15-12-6/h1H,3H2,(H2,9,10,12). The molecule has 0 radical (unpaired) electrons. The van der Waals surface area contributed by atoms with E-state index in [9.17, 15) is 4.79 Å². The Balaban J connectivity index is 2.89. The summed E-state index contributed by atoms with van der Waals surface area (Å²) in [4.78, 5) is 19.3. The number of nitrogen functional groups attached to an aromatic ring is 1. The SMILES string of the molecule is C#CCON=C(C(=O)Cl)c1nsc(N)n1. The van der Waals surface area contributed by atoms with Crippen molar-refractivity contribution in [3.05, 3.63) is 5.82 Å². The molecule has 1 aromatic rings. The highest BCUT2D eigenvalue weighted by Gasteiger charge is 2.17. The Morgan fingerprint density at radius 3 is 3.00 bits per heavy atom. The number of rotatable bonds is 4. The third-order valence-electron chi connectivity index (χ3n) is 1.14. The molecule has 0 aliphatic heterocycles. The molecule has 0 aliphatic carbocycles. The van der Waals surface area contributed by atoms with Crippen LogP contribution in [0.25, 0.3) is 0 Å². The average Bonchev–Trinajstić information content (AvgIpc) is 2.59. The number of nitrogens with two attached hydrogens (primary N) is 1. The van der Waals surface area contributed by atoms with E-state index in [2.05, 4.69) is 25.3 Å². The molecule has 15 heavy (non-hydrogen) atoms. The number of anilines is 1. The second-order valence-corrected chi connectivity index (χ2v) is 3.27. The van der Waals surface area contributed by atoms with E-state index in [1.807, 2.05) is 0 Å². The Morgan fingerprint density at radius 2 is 2.53 bits per heavy atom. The molecule has 0 unspecified atom stereocenters. The van der Waals surface area contributed by atoms with Crippen LogP contribution in [-0.2, 0) is 9.63 Å². The third kappa shape index (κ3) is 3.19. The maximum absolute atomic E-state index is 10.9. The Kier molecular flexibility index (Phi) is 4.03. The average molecular weight is 245 g/mol. The maximum atomic E-state index is 10.9. The summed E-state index contributed by atoms with van der Waals surface area (Å²) >= 11 is 6.17. The summed E-state index contributed by atoms with van der Waals surface area (Å²) in [5.74, 6) is 2.19. The van der Waals surface area contributed by atoms with Gasteiger partial charge in [-0.25, -0.2) is 0 Å². The summed E-state index contributed by atoms with van der Waals surface area (Å²) in [7, 11) is 0. The summed E-state index contributed by atoms with van der Waals surface area (Å²) in [6.45, 7) is -0.0761. The molecule has 1 aromatic heterocycles. The molecule has 6 nitrogen and oxygen atoms in total. The van der Waals surface area contributed by atoms with Crippen LogP contribution in [0.3, 0.4) is 0 Å². The Labute approximate surface area is 94.2 Å². The van der Waals surface area contributed by atoms with Gasteiger partial charge in [0, 0.05) is 11.5 Å². The predicted molar refractivity (Wildman–Crippen MR) is 56.5 cm³/mol. The van der Waals surface area contributed by atoms with Gasteiger partial charge in [-0.15, -0.1) is 6.42 Å². The van der Waals surface area contributed by atoms with E-state index in [0.717, 1.165) is 11.5 Å². The van der Waals surface area contributed by atoms with Crippen LogP contribution >= 0.6 is 23.1 Å². The molecule has 78 valence electrons. The van der Waals surface area contributed by atoms with Gasteiger partial charge in [0.1, 0.15) is 0 Å². The monoisotopic (exact) mass is 244 g/mol. The van der Waals surface area contributed by atoms with Crippen LogP contribution in [0.4, 0.5) is 5.13 Å². The van der Waals surface area contributed by atoms with Gasteiger partial charge in [-0.3, -0.25) is 4.79 Å². The van der Waals surface area contributed by atoms with Gasteiger partial charge in [0.2, 0.25) is 11.5 Å². The fraction of sp³-hybridized carbons (Fsp3) is 0.143. The van der Waals surface area contributed by atoms with Gasteiger partial charge in [0.15, 0.2) is 11.7 Å². The molecule has 0 bridgehead atoms. The van der Waals surface area contributed by atoms with E-state index in [1.165, 1.54) is 0 Å². The molecule has 0 spiro atoms. The fourth-order valence-electron chi connectivity index (χ4n) is 0.630. The van der Waals surface area contributed by atoms with Crippen molar-refractivity contribution in [1.82, 2.24) is 9.36 Å². The van der Waals surface area contributed by atoms with Crippen LogP contribution in [0.1, 0.15) is 5.82 Å². The number of hydrogen-bond donors (Lipinski definition) is 1. The van der Waals surface area contributed by atoms with E-state index in [0.29, 0.717) is 0 Å². The summed E-state index contributed by atoms with van der Waals surface area (Å²) < 4.78 is 3.75. The van der Waals surface area contributed by atoms with Gasteiger partial charge in [-0.1, -0.05) is 11.1 Å². The fourth-order valence-corrected chi connectivity index (χ4v) is 1.18. The summed E-state index contributed by atoms with van der Waals surface area (Å²) in [5.41, 5.74) is 5.11. The van der Waals surface area contributed by atoms with E-state index < -0.39 is 5.24 Å². The first-order chi connectivity index (χ1) is 7.15. The molecule has 0 saturated heterocycles. The van der Waals surface area contributed by atoms with E-state index in [1.54, 1.807) is 0 Å². The predicted octanol–water partition coefficient (Wildman–Crippen LogP) is 0.240. The molecular formula is C7H5ClN4O2S. The minimum Gasteiger partial charge on any atom is -0.382 e. The summed E-state index contributed by atoms with van der Waals surface area (Å²) in [5, 5.41) is 2.77. The molecule has 2 N–H and O–H groups in total. The zero-order valence-corrected chi connectivity index (χ0v) is 8.88. The van der Waals surface area contributed by atoms with Crippen molar-refractivity contribution >= 4 is 39.2 Å². The molecule has 0 saturated carbocycles. The third-order valence-corrected chi connectivity index (χ3v) is 1.87. The maximum Gasteiger partial charge on any atom is 0.278 e. The lowest BCUT2D eigenvalue weighted by molar-refractivity contribution is -0.106. The summed E-state index contributed by atoms with van der Waals surface area (Å²) in [6.07, 6.45) is 4.92. The van der Waals surface area contributed by atoms with Crippen molar-refractivity contribution < 1.29 is 9.63 Å². The molecule has 0 amide bonds. The van der Waals surface area contributed by atoms with Gasteiger partial charge in [0.05, 0.1) is 0 Å². The lowest BCUT2D eigenvalue weighted by Crippen LogP contribution is -2.12. The number of carbonyl (C=O) groups is 1. The molecule has 1 heterocycles. The van der Waals surface area contributed by atoms with Gasteiger partial charge >= 0.3 is 0 Å². The van der Waals surface area contributed by atoms with Gasteiger partial charge < -0.3 is 10.6 Å². The Morgan fingerprint density at radius 1 is 1.80 bits per heavy atom. The molecule has 8 heteroatoms. The van der Waals surface area contributed by atoms with Gasteiger partial charge in [-0.05, 0) is 11.6 Å². The quantitative estimate of drug-likeness (QED) is 0.269. The van der Waals surface area contributed by atoms with Gasteiger partial charge in [0.25, 0.3) is 5.24 Å². The van der Waals surface area contributed by atoms with Crippen molar-refractivity contribution in [2.45, 2.75) is 0 Å². The largest absolute Gasteiger partial charge is 0.382 e. The van der Waals surface area contributed by atoms with Crippen LogP contribution in [0, 0.1) is 12.3 Å². The minimum atomic E-state index is -0.843. The molecule has 0 aromatic carbocycles. The topological polar surface area (TPSA) is 90.5 Å². The first-order valence-corrected chi connectivity index (χ1v) is 4.73. The molecule has 1 rings (SSSR count). The van der Waals surface area contributed by atoms with Crippen molar-refractivity contribution in [2.75, 3.05) is 12.3 Å². The van der Waals surface area contributed by atoms with Crippen molar-refractivity contribution in [2.24, 2.45) is 5.16 Å². The second-order valence-electron chi connectivity index (χ2n) is 2.15. The first kappa shape index (κ1) is 11.4. The van der Waals surface area contributed by atoms with E-state index >= 15 is 0 Å². The normalized spacial score (nSPS) is 10.8. The lowest BCUT2D eigenvalue weighted by Gasteiger charge is -1.95. The number of terminal acetylenes is 1. The highest BCUT2D eigenvalue weighted by atomic mass is 35.5. The minimum absolute atomic E-state index is 0.0227. The van der Waals surface area contributed by atoms with Crippen molar-refractivity contribution in [3.63, 3.8) is 0 Å². The van der Waals surface area contributed by atoms with Crippen LogP contribution in [0.2, 0.25) is 0 Å². The Bertz CT molecular complexity index is 436. The van der Waals surface area contributed by atoms with Gasteiger partial charge in [-0.2, -0.15) is 9.36 Å². The Hall–Kier alpha value is -1.65. The van der Waals surface area contributed by atoms with Crippen LogP contribution < -0.4 is 5.73 Å². The zero-order valence-electron chi connectivity index (χ0n) is 7.31. The highest BCUT2D eigenvalue weighted by Crippen LogP contribution is 2.08. The van der Waals surface area contributed by atoms with E-state index in [-0.39, 0.29) is 23.3 Å². The first-order valence-electron chi connectivity index (χ1n) is 3.58. The van der Waals surface area contributed by atoms with E-state index in [4.69, 9.17) is 23.8 Å². The number of aromatic nitrogens is 2. The molecular weight excluding hydrogens is 240 g/mol. The van der Waals surface area contributed by atoms with Crippen molar-refractivity contribution in [3.8, 4) is 12.3 Å². The number of carbonyl (C=O) groups excluding carboxylic acids is 1. The number of halogens is 1. The van der Waals surface area contributed by atoms with Crippen LogP contribution in [0.5, 0.6) is 0 Å².